The van der Waals surface area contributed by atoms with Gasteiger partial charge in [-0.05, 0) is 32.0 Å². The van der Waals surface area contributed by atoms with Gasteiger partial charge < -0.3 is 24.1 Å². The van der Waals surface area contributed by atoms with Crippen LogP contribution in [0.15, 0.2) is 48.9 Å². The van der Waals surface area contributed by atoms with E-state index >= 15 is 4.39 Å². The SMILES string of the molecule is COc1cnc2c(-c3nc4cc(F)c(O[C@@H](C)[C@@H](C)OC(=O)Nc5cnc(OCCO)nc5)cc4s3)cc(Cl)cc2c1. The van der Waals surface area contributed by atoms with Crippen LogP contribution in [0.3, 0.4) is 0 Å². The number of benzene rings is 2. The number of carbonyl (C=O) groups excluding carboxylic acids is 1. The summed E-state index contributed by atoms with van der Waals surface area (Å²) in [6, 6.07) is 8.32. The van der Waals surface area contributed by atoms with E-state index in [1.54, 1.807) is 45.4 Å². The fourth-order valence-corrected chi connectivity index (χ4v) is 5.12. The second kappa shape index (κ2) is 12.7. The van der Waals surface area contributed by atoms with Crippen molar-refractivity contribution >= 4 is 55.8 Å². The first-order chi connectivity index (χ1) is 20.2. The van der Waals surface area contributed by atoms with E-state index in [1.165, 1.54) is 29.8 Å². The van der Waals surface area contributed by atoms with E-state index in [0.717, 1.165) is 5.39 Å². The van der Waals surface area contributed by atoms with Crippen molar-refractivity contribution in [2.24, 2.45) is 0 Å². The highest BCUT2D eigenvalue weighted by molar-refractivity contribution is 7.21. The summed E-state index contributed by atoms with van der Waals surface area (Å²) in [6.45, 7) is 3.16. The number of nitrogens with one attached hydrogen (secondary N) is 1. The van der Waals surface area contributed by atoms with E-state index in [-0.39, 0.29) is 30.7 Å². The minimum atomic E-state index is -0.770. The Hall–Kier alpha value is -4.33. The number of ether oxygens (including phenoxy) is 4. The molecule has 0 unspecified atom stereocenters. The van der Waals surface area contributed by atoms with Gasteiger partial charge in [0.2, 0.25) is 0 Å². The molecule has 0 saturated heterocycles. The zero-order chi connectivity index (χ0) is 29.8. The van der Waals surface area contributed by atoms with E-state index in [4.69, 9.17) is 35.7 Å². The molecule has 0 aliphatic heterocycles. The van der Waals surface area contributed by atoms with Gasteiger partial charge in [-0.2, -0.15) is 0 Å². The van der Waals surface area contributed by atoms with Crippen LogP contribution in [0.25, 0.3) is 31.7 Å². The summed E-state index contributed by atoms with van der Waals surface area (Å²) in [5.41, 5.74) is 2.12. The molecular weight excluding hydrogens is 589 g/mol. The molecule has 3 heterocycles. The van der Waals surface area contributed by atoms with Crippen LogP contribution in [-0.2, 0) is 4.74 Å². The molecule has 42 heavy (non-hydrogen) atoms. The van der Waals surface area contributed by atoms with Crippen molar-refractivity contribution in [1.82, 2.24) is 19.9 Å². The van der Waals surface area contributed by atoms with Crippen molar-refractivity contribution in [3.8, 4) is 28.1 Å². The van der Waals surface area contributed by atoms with E-state index in [2.05, 4.69) is 25.3 Å². The molecule has 0 radical (unpaired) electrons. The number of hydrogen-bond acceptors (Lipinski definition) is 11. The predicted molar refractivity (Wildman–Crippen MR) is 156 cm³/mol. The molecule has 0 fully saturated rings. The lowest BCUT2D eigenvalue weighted by molar-refractivity contribution is 0.0402. The van der Waals surface area contributed by atoms with Crippen molar-refractivity contribution in [1.29, 1.82) is 0 Å². The largest absolute Gasteiger partial charge is 0.495 e. The highest BCUT2D eigenvalue weighted by Crippen LogP contribution is 2.38. The Labute approximate surface area is 248 Å². The average Bonchev–Trinajstić information content (AvgIpc) is 3.38. The Balaban J connectivity index is 1.28. The second-order valence-electron chi connectivity index (χ2n) is 9.05. The summed E-state index contributed by atoms with van der Waals surface area (Å²) >= 11 is 7.72. The summed E-state index contributed by atoms with van der Waals surface area (Å²) in [4.78, 5) is 29.3. The highest BCUT2D eigenvalue weighted by atomic mass is 35.5. The lowest BCUT2D eigenvalue weighted by Crippen LogP contribution is -2.32. The van der Waals surface area contributed by atoms with Crippen LogP contribution in [0, 0.1) is 5.82 Å². The minimum Gasteiger partial charge on any atom is -0.495 e. The van der Waals surface area contributed by atoms with Crippen molar-refractivity contribution < 1.29 is 33.2 Å². The molecule has 5 aromatic rings. The van der Waals surface area contributed by atoms with Crippen LogP contribution in [0.2, 0.25) is 5.02 Å². The number of pyridine rings is 1. The van der Waals surface area contributed by atoms with Gasteiger partial charge in [-0.3, -0.25) is 10.3 Å². The third-order valence-corrected chi connectivity index (χ3v) is 7.36. The fraction of sp³-hybridized carbons (Fsp3) is 0.250. The first-order valence-corrected chi connectivity index (χ1v) is 13.9. The molecule has 0 aliphatic carbocycles. The number of methoxy groups -OCH3 is 1. The molecule has 0 saturated carbocycles. The Morgan fingerprint density at radius 1 is 1.10 bits per heavy atom. The molecule has 0 bridgehead atoms. The lowest BCUT2D eigenvalue weighted by Gasteiger charge is -2.22. The van der Waals surface area contributed by atoms with Crippen molar-refractivity contribution in [3.05, 3.63) is 59.8 Å². The summed E-state index contributed by atoms with van der Waals surface area (Å²) in [5.74, 6) is -0.0178. The summed E-state index contributed by atoms with van der Waals surface area (Å²) < 4.78 is 37.3. The van der Waals surface area contributed by atoms with Crippen LogP contribution in [0.4, 0.5) is 14.9 Å². The molecule has 11 nitrogen and oxygen atoms in total. The van der Waals surface area contributed by atoms with Crippen LogP contribution in [0.1, 0.15) is 13.8 Å². The molecule has 1 amide bonds. The average molecular weight is 614 g/mol. The molecule has 5 rings (SSSR count). The van der Waals surface area contributed by atoms with Gasteiger partial charge in [-0.25, -0.2) is 24.1 Å². The van der Waals surface area contributed by atoms with Gasteiger partial charge in [-0.15, -0.1) is 11.3 Å². The zero-order valence-electron chi connectivity index (χ0n) is 22.6. The van der Waals surface area contributed by atoms with Gasteiger partial charge >= 0.3 is 12.1 Å². The van der Waals surface area contributed by atoms with Gasteiger partial charge in [0.25, 0.3) is 0 Å². The molecule has 2 aromatic carbocycles. The first-order valence-electron chi connectivity index (χ1n) is 12.7. The molecule has 218 valence electrons. The normalized spacial score (nSPS) is 12.6. The number of anilines is 1. The number of carbonyl (C=O) groups is 1. The number of thiazole rings is 1. The smallest absolute Gasteiger partial charge is 0.412 e. The summed E-state index contributed by atoms with van der Waals surface area (Å²) in [7, 11) is 1.56. The molecular formula is C28H25ClFN5O6S. The minimum absolute atomic E-state index is 0.00765. The molecule has 2 atom stereocenters. The van der Waals surface area contributed by atoms with Crippen LogP contribution >= 0.6 is 22.9 Å². The van der Waals surface area contributed by atoms with Crippen molar-refractivity contribution in [2.75, 3.05) is 25.6 Å². The van der Waals surface area contributed by atoms with Crippen LogP contribution in [-0.4, -0.2) is 63.7 Å². The van der Waals surface area contributed by atoms with Crippen LogP contribution in [0.5, 0.6) is 17.5 Å². The number of nitrogens with zero attached hydrogens (tertiary/aromatic N) is 4. The van der Waals surface area contributed by atoms with Gasteiger partial charge in [0.05, 0.1) is 53.7 Å². The summed E-state index contributed by atoms with van der Waals surface area (Å²) in [6.07, 6.45) is 2.07. The monoisotopic (exact) mass is 613 g/mol. The van der Waals surface area contributed by atoms with Gasteiger partial charge in [0.1, 0.15) is 29.6 Å². The number of halogens is 2. The Bertz CT molecular complexity index is 1740. The molecule has 2 N–H and O–H groups in total. The van der Waals surface area contributed by atoms with E-state index in [0.29, 0.717) is 37.1 Å². The molecule has 0 aliphatic rings. The number of fused-ring (bicyclic) bond motifs is 2. The Kier molecular flexibility index (Phi) is 8.80. The second-order valence-corrected chi connectivity index (χ2v) is 10.5. The van der Waals surface area contributed by atoms with E-state index < -0.39 is 24.1 Å². The molecule has 3 aromatic heterocycles. The third-order valence-electron chi connectivity index (χ3n) is 6.09. The zero-order valence-corrected chi connectivity index (χ0v) is 24.2. The van der Waals surface area contributed by atoms with Gasteiger partial charge in [0.15, 0.2) is 11.6 Å². The fourth-order valence-electron chi connectivity index (χ4n) is 3.90. The maximum atomic E-state index is 15.0. The van der Waals surface area contributed by atoms with Gasteiger partial charge in [-0.1, -0.05) is 11.6 Å². The van der Waals surface area contributed by atoms with E-state index in [1.807, 2.05) is 6.07 Å². The Morgan fingerprint density at radius 2 is 1.88 bits per heavy atom. The van der Waals surface area contributed by atoms with Gasteiger partial charge in [0, 0.05) is 28.1 Å². The quantitative estimate of drug-likeness (QED) is 0.196. The maximum absolute atomic E-state index is 15.0. The first kappa shape index (κ1) is 29.2. The number of aliphatic hydroxyl groups is 1. The molecule has 14 heteroatoms. The standard InChI is InChI=1S/C28H25ClFN5O6S/c1-14(15(2)41-28(37)34-18-11-32-27(33-12-18)39-5-4-36)40-23-10-24-22(9-21(23)30)35-26(42-24)20-8-17(29)6-16-7-19(38-3)13-31-25(16)20/h6-15,36H,4-5H2,1-3H3,(H,34,37)/t14-,15+/m0/s1. The van der Waals surface area contributed by atoms with E-state index in [9.17, 15) is 4.79 Å². The number of aliphatic hydroxyl groups excluding tert-OH is 1. The topological polar surface area (TPSA) is 138 Å². The number of aromatic nitrogens is 4. The predicted octanol–water partition coefficient (Wildman–Crippen LogP) is 5.88. The highest BCUT2D eigenvalue weighted by Gasteiger charge is 2.22. The molecule has 0 spiro atoms. The van der Waals surface area contributed by atoms with Crippen LogP contribution < -0.4 is 19.5 Å². The summed E-state index contributed by atoms with van der Waals surface area (Å²) in [5, 5.41) is 13.2. The van der Waals surface area contributed by atoms with Crippen molar-refractivity contribution in [2.45, 2.75) is 26.1 Å². The third kappa shape index (κ3) is 6.59. The lowest BCUT2D eigenvalue weighted by atomic mass is 10.1. The number of amides is 1. The number of rotatable bonds is 10. The van der Waals surface area contributed by atoms with Crippen molar-refractivity contribution in [3.63, 3.8) is 0 Å². The maximum Gasteiger partial charge on any atom is 0.412 e. The Morgan fingerprint density at radius 3 is 2.62 bits per heavy atom. The number of hydrogen-bond donors (Lipinski definition) is 2.